The van der Waals surface area contributed by atoms with Crippen LogP contribution in [-0.4, -0.2) is 22.5 Å². The Kier molecular flexibility index (Phi) is 5.70. The fourth-order valence-electron chi connectivity index (χ4n) is 2.06. The number of amides is 2. The number of anilines is 1. The van der Waals surface area contributed by atoms with Crippen molar-refractivity contribution in [2.75, 3.05) is 15.6 Å². The van der Waals surface area contributed by atoms with Crippen LogP contribution in [-0.2, 0) is 9.59 Å². The molecule has 0 bridgehead atoms. The predicted octanol–water partition coefficient (Wildman–Crippen LogP) is 4.00. The minimum atomic E-state index is -0.289. The SMILES string of the molecule is O=C(CBr)N(C(=O)CBr)c1ccccc1-c1ccccc1. The second-order valence-electron chi connectivity index (χ2n) is 4.27. The van der Waals surface area contributed by atoms with E-state index in [9.17, 15) is 9.59 Å². The van der Waals surface area contributed by atoms with E-state index < -0.39 is 0 Å². The first kappa shape index (κ1) is 15.9. The highest BCUT2D eigenvalue weighted by Crippen LogP contribution is 2.31. The van der Waals surface area contributed by atoms with E-state index >= 15 is 0 Å². The van der Waals surface area contributed by atoms with Crippen LogP contribution < -0.4 is 4.90 Å². The Morgan fingerprint density at radius 3 is 1.90 bits per heavy atom. The molecule has 0 unspecified atom stereocenters. The van der Waals surface area contributed by atoms with Crippen LogP contribution in [0.5, 0.6) is 0 Å². The molecule has 0 spiro atoms. The molecule has 0 aliphatic rings. The number of carbonyl (C=O) groups excluding carboxylic acids is 2. The number of rotatable bonds is 4. The summed E-state index contributed by atoms with van der Waals surface area (Å²) in [7, 11) is 0. The summed E-state index contributed by atoms with van der Waals surface area (Å²) < 4.78 is 0. The van der Waals surface area contributed by atoms with Gasteiger partial charge in [-0.25, -0.2) is 4.90 Å². The van der Waals surface area contributed by atoms with Crippen LogP contribution in [0.3, 0.4) is 0 Å². The van der Waals surface area contributed by atoms with Gasteiger partial charge in [0.05, 0.1) is 16.3 Å². The molecule has 0 aliphatic heterocycles. The molecule has 0 aromatic heterocycles. The molecule has 0 N–H and O–H groups in total. The van der Waals surface area contributed by atoms with E-state index in [1.807, 2.05) is 48.5 Å². The van der Waals surface area contributed by atoms with E-state index in [0.717, 1.165) is 11.1 Å². The Morgan fingerprint density at radius 1 is 0.810 bits per heavy atom. The molecule has 21 heavy (non-hydrogen) atoms. The number of imide groups is 1. The van der Waals surface area contributed by atoms with E-state index in [1.54, 1.807) is 6.07 Å². The smallest absolute Gasteiger partial charge is 0.244 e. The highest BCUT2D eigenvalue weighted by atomic mass is 79.9. The first-order valence-corrected chi connectivity index (χ1v) is 8.55. The van der Waals surface area contributed by atoms with Gasteiger partial charge in [0.15, 0.2) is 0 Å². The van der Waals surface area contributed by atoms with Gasteiger partial charge in [-0.05, 0) is 11.6 Å². The van der Waals surface area contributed by atoms with Gasteiger partial charge in [-0.15, -0.1) is 0 Å². The minimum Gasteiger partial charge on any atom is -0.273 e. The van der Waals surface area contributed by atoms with Crippen molar-refractivity contribution in [3.63, 3.8) is 0 Å². The summed E-state index contributed by atoms with van der Waals surface area (Å²) in [5.74, 6) is -0.578. The van der Waals surface area contributed by atoms with Gasteiger partial charge in [0.2, 0.25) is 11.8 Å². The molecular formula is C16H13Br2NO2. The number of para-hydroxylation sites is 1. The first-order valence-electron chi connectivity index (χ1n) is 6.31. The number of benzene rings is 2. The summed E-state index contributed by atoms with van der Waals surface area (Å²) in [6, 6.07) is 17.1. The zero-order valence-corrected chi connectivity index (χ0v) is 14.3. The number of halogens is 2. The topological polar surface area (TPSA) is 37.4 Å². The Hall–Kier alpha value is -1.46. The van der Waals surface area contributed by atoms with E-state index in [2.05, 4.69) is 31.9 Å². The second-order valence-corrected chi connectivity index (χ2v) is 5.39. The standard InChI is InChI=1S/C16H13Br2NO2/c17-10-15(20)19(16(21)11-18)14-9-5-4-8-13(14)12-6-2-1-3-7-12/h1-9H,10-11H2. The number of hydrogen-bond acceptors (Lipinski definition) is 2. The Morgan fingerprint density at radius 2 is 1.33 bits per heavy atom. The van der Waals surface area contributed by atoms with Gasteiger partial charge in [-0.3, -0.25) is 9.59 Å². The molecule has 0 radical (unpaired) electrons. The van der Waals surface area contributed by atoms with Crippen molar-refractivity contribution in [2.45, 2.75) is 0 Å². The molecule has 2 amide bonds. The summed E-state index contributed by atoms with van der Waals surface area (Å²) in [6.07, 6.45) is 0. The lowest BCUT2D eigenvalue weighted by Crippen LogP contribution is -2.38. The fourth-order valence-corrected chi connectivity index (χ4v) is 2.56. The highest BCUT2D eigenvalue weighted by Gasteiger charge is 2.24. The molecule has 0 saturated heterocycles. The number of hydrogen-bond donors (Lipinski definition) is 0. The van der Waals surface area contributed by atoms with Gasteiger partial charge >= 0.3 is 0 Å². The van der Waals surface area contributed by atoms with Crippen LogP contribution in [0.2, 0.25) is 0 Å². The van der Waals surface area contributed by atoms with Crippen LogP contribution in [0, 0.1) is 0 Å². The third kappa shape index (κ3) is 3.60. The predicted molar refractivity (Wildman–Crippen MR) is 92.0 cm³/mol. The van der Waals surface area contributed by atoms with Crippen molar-refractivity contribution in [1.82, 2.24) is 0 Å². The first-order chi connectivity index (χ1) is 10.2. The molecule has 0 heterocycles. The quantitative estimate of drug-likeness (QED) is 0.714. The lowest BCUT2D eigenvalue weighted by molar-refractivity contribution is -0.123. The fraction of sp³-hybridized carbons (Fsp3) is 0.125. The maximum Gasteiger partial charge on any atom is 0.244 e. The average Bonchev–Trinajstić information content (AvgIpc) is 2.56. The third-order valence-electron chi connectivity index (χ3n) is 2.96. The van der Waals surface area contributed by atoms with Crippen molar-refractivity contribution in [2.24, 2.45) is 0 Å². The molecule has 3 nitrogen and oxygen atoms in total. The van der Waals surface area contributed by atoms with Crippen molar-refractivity contribution < 1.29 is 9.59 Å². The minimum absolute atomic E-state index is 0.0921. The molecular weight excluding hydrogens is 398 g/mol. The lowest BCUT2D eigenvalue weighted by Gasteiger charge is -2.22. The zero-order valence-electron chi connectivity index (χ0n) is 11.1. The second kappa shape index (κ2) is 7.52. The van der Waals surface area contributed by atoms with Gasteiger partial charge in [-0.1, -0.05) is 80.4 Å². The van der Waals surface area contributed by atoms with Crippen LogP contribution in [0.25, 0.3) is 11.1 Å². The zero-order chi connectivity index (χ0) is 15.2. The Balaban J connectivity index is 2.56. The maximum atomic E-state index is 12.1. The molecule has 5 heteroatoms. The highest BCUT2D eigenvalue weighted by molar-refractivity contribution is 9.09. The van der Waals surface area contributed by atoms with Gasteiger partial charge in [-0.2, -0.15) is 0 Å². The van der Waals surface area contributed by atoms with Gasteiger partial charge in [0.1, 0.15) is 0 Å². The monoisotopic (exact) mass is 409 g/mol. The normalized spacial score (nSPS) is 10.2. The molecule has 0 fully saturated rings. The largest absolute Gasteiger partial charge is 0.273 e. The molecule has 2 aromatic carbocycles. The van der Waals surface area contributed by atoms with Crippen LogP contribution in [0.15, 0.2) is 54.6 Å². The van der Waals surface area contributed by atoms with Crippen molar-refractivity contribution >= 4 is 49.4 Å². The molecule has 2 aromatic rings. The molecule has 0 atom stereocenters. The van der Waals surface area contributed by atoms with E-state index in [0.29, 0.717) is 5.69 Å². The Labute approximate surface area is 140 Å². The third-order valence-corrected chi connectivity index (χ3v) is 3.92. The summed E-state index contributed by atoms with van der Waals surface area (Å²) in [5.41, 5.74) is 2.40. The molecule has 2 rings (SSSR count). The van der Waals surface area contributed by atoms with E-state index in [-0.39, 0.29) is 22.5 Å². The van der Waals surface area contributed by atoms with Gasteiger partial charge in [0, 0.05) is 5.56 Å². The van der Waals surface area contributed by atoms with Crippen LogP contribution in [0.4, 0.5) is 5.69 Å². The van der Waals surface area contributed by atoms with Crippen molar-refractivity contribution in [1.29, 1.82) is 0 Å². The van der Waals surface area contributed by atoms with E-state index in [4.69, 9.17) is 0 Å². The summed E-state index contributed by atoms with van der Waals surface area (Å²) in [6.45, 7) is 0. The van der Waals surface area contributed by atoms with E-state index in [1.165, 1.54) is 4.90 Å². The lowest BCUT2D eigenvalue weighted by atomic mass is 10.0. The number of alkyl halides is 2. The summed E-state index contributed by atoms with van der Waals surface area (Å²) in [5, 5.41) is 0.184. The van der Waals surface area contributed by atoms with Crippen molar-refractivity contribution in [3.8, 4) is 11.1 Å². The average molecular weight is 411 g/mol. The Bertz CT molecular complexity index is 628. The van der Waals surface area contributed by atoms with Gasteiger partial charge < -0.3 is 0 Å². The van der Waals surface area contributed by atoms with Gasteiger partial charge in [0.25, 0.3) is 0 Å². The molecule has 0 saturated carbocycles. The summed E-state index contributed by atoms with van der Waals surface area (Å²) in [4.78, 5) is 25.5. The van der Waals surface area contributed by atoms with Crippen LogP contribution in [0.1, 0.15) is 0 Å². The van der Waals surface area contributed by atoms with Crippen LogP contribution >= 0.6 is 31.9 Å². The number of carbonyl (C=O) groups is 2. The van der Waals surface area contributed by atoms with Crippen molar-refractivity contribution in [3.05, 3.63) is 54.6 Å². The maximum absolute atomic E-state index is 12.1. The molecule has 108 valence electrons. The molecule has 0 aliphatic carbocycles. The number of nitrogens with zero attached hydrogens (tertiary/aromatic N) is 1. The summed E-state index contributed by atoms with van der Waals surface area (Å²) >= 11 is 6.26.